The van der Waals surface area contributed by atoms with E-state index in [4.69, 9.17) is 14.2 Å². The van der Waals surface area contributed by atoms with E-state index in [1.54, 1.807) is 6.92 Å². The normalized spacial score (nSPS) is 10.2. The van der Waals surface area contributed by atoms with Crippen molar-refractivity contribution in [2.75, 3.05) is 26.6 Å². The average Bonchev–Trinajstić information content (AvgIpc) is 3.05. The molecule has 25 heavy (non-hydrogen) atoms. The van der Waals surface area contributed by atoms with Crippen LogP contribution in [0.5, 0.6) is 17.2 Å². The number of nitrogens with one attached hydrogen (secondary N) is 1. The van der Waals surface area contributed by atoms with Crippen LogP contribution in [-0.4, -0.2) is 41.9 Å². The topological polar surface area (TPSA) is 118 Å². The van der Waals surface area contributed by atoms with Crippen molar-refractivity contribution in [2.45, 2.75) is 13.5 Å². The number of methoxy groups -OCH3 is 3. The Labute approximate surface area is 143 Å². The predicted octanol–water partition coefficient (Wildman–Crippen LogP) is 2.09. The first-order valence-electron chi connectivity index (χ1n) is 7.28. The van der Waals surface area contributed by atoms with Crippen molar-refractivity contribution in [3.8, 4) is 17.2 Å². The van der Waals surface area contributed by atoms with E-state index < -0.39 is 10.8 Å². The molecule has 0 atom stereocenters. The Balaban J connectivity index is 2.42. The average molecular weight is 350 g/mol. The molecule has 0 aliphatic rings. The molecular weight excluding hydrogens is 332 g/mol. The number of hydrogen-bond donors (Lipinski definition) is 1. The van der Waals surface area contributed by atoms with E-state index in [1.807, 2.05) is 0 Å². The Bertz CT molecular complexity index is 776. The molecule has 0 spiro atoms. The van der Waals surface area contributed by atoms with Crippen LogP contribution in [0.1, 0.15) is 17.4 Å². The van der Waals surface area contributed by atoms with Crippen molar-refractivity contribution in [1.82, 2.24) is 9.78 Å². The van der Waals surface area contributed by atoms with E-state index in [0.29, 0.717) is 29.5 Å². The number of nitrogens with zero attached hydrogens (tertiary/aromatic N) is 3. The van der Waals surface area contributed by atoms with E-state index >= 15 is 0 Å². The first-order valence-corrected chi connectivity index (χ1v) is 7.28. The number of carbonyl (C=O) groups excluding carboxylic acids is 1. The number of ether oxygens (including phenoxy) is 3. The lowest BCUT2D eigenvalue weighted by Gasteiger charge is -2.14. The highest BCUT2D eigenvalue weighted by atomic mass is 16.6. The number of benzene rings is 1. The van der Waals surface area contributed by atoms with Crippen LogP contribution in [0.3, 0.4) is 0 Å². The molecule has 2 rings (SSSR count). The van der Waals surface area contributed by atoms with Gasteiger partial charge in [-0.1, -0.05) is 0 Å². The first-order chi connectivity index (χ1) is 12.0. The molecule has 0 saturated carbocycles. The molecular formula is C15H18N4O6. The maximum Gasteiger partial charge on any atom is 0.320 e. The van der Waals surface area contributed by atoms with Gasteiger partial charge in [0.15, 0.2) is 11.5 Å². The van der Waals surface area contributed by atoms with E-state index in [1.165, 1.54) is 38.1 Å². The van der Waals surface area contributed by atoms with E-state index in [9.17, 15) is 14.9 Å². The Kier molecular flexibility index (Phi) is 5.42. The molecule has 1 aromatic carbocycles. The molecule has 10 nitrogen and oxygen atoms in total. The molecule has 0 fully saturated rings. The third kappa shape index (κ3) is 3.47. The van der Waals surface area contributed by atoms with Crippen molar-refractivity contribution < 1.29 is 23.9 Å². The highest BCUT2D eigenvalue weighted by Crippen LogP contribution is 2.40. The van der Waals surface area contributed by atoms with Gasteiger partial charge in [0, 0.05) is 24.4 Å². The van der Waals surface area contributed by atoms with Crippen LogP contribution in [0.2, 0.25) is 0 Å². The molecule has 0 bridgehead atoms. The number of amides is 1. The van der Waals surface area contributed by atoms with Crippen molar-refractivity contribution in [1.29, 1.82) is 0 Å². The summed E-state index contributed by atoms with van der Waals surface area (Å²) in [7, 11) is 4.35. The monoisotopic (exact) mass is 350 g/mol. The number of anilines is 1. The molecule has 1 amide bonds. The van der Waals surface area contributed by atoms with Gasteiger partial charge >= 0.3 is 5.69 Å². The quantitative estimate of drug-likeness (QED) is 0.600. The standard InChI is InChI=1S/C15H18N4O6/c1-5-18-13(10(8-16-18)19(21)22)15(20)17-9-6-11(23-2)14(25-4)12(7-9)24-3/h6-8H,5H2,1-4H3,(H,17,20). The summed E-state index contributed by atoms with van der Waals surface area (Å²) in [5.41, 5.74) is -0.175. The fourth-order valence-electron chi connectivity index (χ4n) is 2.33. The lowest BCUT2D eigenvalue weighted by atomic mass is 10.2. The largest absolute Gasteiger partial charge is 0.493 e. The Morgan fingerprint density at radius 3 is 2.28 bits per heavy atom. The maximum atomic E-state index is 12.5. The summed E-state index contributed by atoms with van der Waals surface area (Å²) < 4.78 is 16.9. The number of carbonyl (C=O) groups is 1. The van der Waals surface area contributed by atoms with Gasteiger partial charge in [0.2, 0.25) is 11.4 Å². The summed E-state index contributed by atoms with van der Waals surface area (Å²) in [4.78, 5) is 23.0. The molecule has 0 aliphatic heterocycles. The van der Waals surface area contributed by atoms with E-state index in [0.717, 1.165) is 6.20 Å². The summed E-state index contributed by atoms with van der Waals surface area (Å²) in [6, 6.07) is 3.05. The van der Waals surface area contributed by atoms with Crippen molar-refractivity contribution in [2.24, 2.45) is 0 Å². The molecule has 1 aromatic heterocycles. The molecule has 134 valence electrons. The highest BCUT2D eigenvalue weighted by Gasteiger charge is 2.27. The summed E-state index contributed by atoms with van der Waals surface area (Å²) in [5.74, 6) is 0.388. The molecule has 0 saturated heterocycles. The van der Waals surface area contributed by atoms with Crippen LogP contribution in [0.4, 0.5) is 11.4 Å². The number of nitro groups is 1. The number of rotatable bonds is 7. The summed E-state index contributed by atoms with van der Waals surface area (Å²) in [6.45, 7) is 2.04. The smallest absolute Gasteiger partial charge is 0.320 e. The van der Waals surface area contributed by atoms with Crippen molar-refractivity contribution >= 4 is 17.3 Å². The molecule has 1 heterocycles. The number of aryl methyl sites for hydroxylation is 1. The number of aromatic nitrogens is 2. The maximum absolute atomic E-state index is 12.5. The second-order valence-electron chi connectivity index (χ2n) is 4.82. The van der Waals surface area contributed by atoms with Crippen molar-refractivity contribution in [3.63, 3.8) is 0 Å². The second-order valence-corrected chi connectivity index (χ2v) is 4.82. The molecule has 10 heteroatoms. The zero-order chi connectivity index (χ0) is 18.6. The van der Waals surface area contributed by atoms with Crippen molar-refractivity contribution in [3.05, 3.63) is 34.1 Å². The third-order valence-electron chi connectivity index (χ3n) is 3.45. The molecule has 0 unspecified atom stereocenters. The summed E-state index contributed by atoms with van der Waals surface area (Å²) in [6.07, 6.45) is 1.05. The number of hydrogen-bond acceptors (Lipinski definition) is 7. The first kappa shape index (κ1) is 18.0. The van der Waals surface area contributed by atoms with Crippen LogP contribution in [0.15, 0.2) is 18.3 Å². The third-order valence-corrected chi connectivity index (χ3v) is 3.45. The second kappa shape index (κ2) is 7.51. The van der Waals surface area contributed by atoms with E-state index in [-0.39, 0.29) is 11.4 Å². The van der Waals surface area contributed by atoms with Gasteiger partial charge in [-0.2, -0.15) is 5.10 Å². The Hall–Kier alpha value is -3.30. The fraction of sp³-hybridized carbons (Fsp3) is 0.333. The van der Waals surface area contributed by atoms with E-state index in [2.05, 4.69) is 10.4 Å². The lowest BCUT2D eigenvalue weighted by Crippen LogP contribution is -2.19. The minimum absolute atomic E-state index is 0.138. The SMILES string of the molecule is CCn1ncc([N+](=O)[O-])c1C(=O)Nc1cc(OC)c(OC)c(OC)c1. The molecule has 0 aliphatic carbocycles. The molecule has 2 aromatic rings. The minimum atomic E-state index is -0.666. The van der Waals surface area contributed by atoms with Gasteiger partial charge in [-0.3, -0.25) is 19.6 Å². The molecule has 1 N–H and O–H groups in total. The van der Waals surface area contributed by atoms with Crippen LogP contribution in [-0.2, 0) is 6.54 Å². The Morgan fingerprint density at radius 2 is 1.84 bits per heavy atom. The zero-order valence-electron chi connectivity index (χ0n) is 14.2. The predicted molar refractivity (Wildman–Crippen MR) is 88.6 cm³/mol. The van der Waals surface area contributed by atoms with Gasteiger partial charge in [-0.25, -0.2) is 0 Å². The summed E-state index contributed by atoms with van der Waals surface area (Å²) in [5, 5.41) is 17.6. The minimum Gasteiger partial charge on any atom is -0.493 e. The Morgan fingerprint density at radius 1 is 1.24 bits per heavy atom. The van der Waals surface area contributed by atoms with Gasteiger partial charge < -0.3 is 19.5 Å². The zero-order valence-corrected chi connectivity index (χ0v) is 14.2. The van der Waals surface area contributed by atoms with Gasteiger partial charge in [-0.05, 0) is 6.92 Å². The molecule has 0 radical (unpaired) electrons. The highest BCUT2D eigenvalue weighted by molar-refractivity contribution is 6.06. The fourth-order valence-corrected chi connectivity index (χ4v) is 2.33. The van der Waals surface area contributed by atoms with Gasteiger partial charge in [0.1, 0.15) is 6.20 Å². The van der Waals surface area contributed by atoms with Crippen LogP contribution >= 0.6 is 0 Å². The van der Waals surface area contributed by atoms with Crippen LogP contribution in [0.25, 0.3) is 0 Å². The van der Waals surface area contributed by atoms with Gasteiger partial charge in [0.25, 0.3) is 5.91 Å². The lowest BCUT2D eigenvalue weighted by molar-refractivity contribution is -0.385. The van der Waals surface area contributed by atoms with Crippen LogP contribution in [0, 0.1) is 10.1 Å². The summed E-state index contributed by atoms with van der Waals surface area (Å²) >= 11 is 0. The van der Waals surface area contributed by atoms with Gasteiger partial charge in [0.05, 0.1) is 26.3 Å². The van der Waals surface area contributed by atoms with Gasteiger partial charge in [-0.15, -0.1) is 0 Å². The van der Waals surface area contributed by atoms with Crippen LogP contribution < -0.4 is 19.5 Å².